The third-order valence-electron chi connectivity index (χ3n) is 4.35. The Balaban J connectivity index is 1.81. The third-order valence-corrected chi connectivity index (χ3v) is 4.35. The Labute approximate surface area is 119 Å². The van der Waals surface area contributed by atoms with Crippen molar-refractivity contribution in [3.8, 4) is 5.75 Å². The maximum Gasteiger partial charge on any atom is 0.257 e. The summed E-state index contributed by atoms with van der Waals surface area (Å²) in [4.78, 5) is 17.1. The quantitative estimate of drug-likeness (QED) is 0.824. The fourth-order valence-corrected chi connectivity index (χ4v) is 3.30. The Morgan fingerprint density at radius 2 is 2.20 bits per heavy atom. The van der Waals surface area contributed by atoms with Gasteiger partial charge in [-0.15, -0.1) is 0 Å². The lowest BCUT2D eigenvalue weighted by Crippen LogP contribution is -2.52. The molecule has 2 aliphatic heterocycles. The van der Waals surface area contributed by atoms with Crippen LogP contribution in [0.15, 0.2) is 18.2 Å². The molecule has 20 heavy (non-hydrogen) atoms. The van der Waals surface area contributed by atoms with Gasteiger partial charge >= 0.3 is 0 Å². The van der Waals surface area contributed by atoms with Crippen molar-refractivity contribution in [3.63, 3.8) is 0 Å². The van der Waals surface area contributed by atoms with Crippen LogP contribution in [0.5, 0.6) is 5.75 Å². The van der Waals surface area contributed by atoms with Crippen LogP contribution in [0.2, 0.25) is 0 Å². The van der Waals surface area contributed by atoms with Crippen LogP contribution in [-0.4, -0.2) is 55.0 Å². The van der Waals surface area contributed by atoms with Gasteiger partial charge in [-0.05, 0) is 31.5 Å². The molecule has 2 heterocycles. The van der Waals surface area contributed by atoms with Crippen molar-refractivity contribution in [1.82, 2.24) is 9.80 Å². The second-order valence-electron chi connectivity index (χ2n) is 5.51. The van der Waals surface area contributed by atoms with E-state index in [4.69, 9.17) is 10.5 Å². The number of carbonyl (C=O) groups is 1. The maximum absolute atomic E-state index is 12.7. The van der Waals surface area contributed by atoms with E-state index in [1.54, 1.807) is 25.3 Å². The topological polar surface area (TPSA) is 58.8 Å². The molecule has 0 bridgehead atoms. The van der Waals surface area contributed by atoms with Gasteiger partial charge in [-0.1, -0.05) is 6.07 Å². The monoisotopic (exact) mass is 275 g/mol. The largest absolute Gasteiger partial charge is 0.494 e. The zero-order valence-corrected chi connectivity index (χ0v) is 11.8. The summed E-state index contributed by atoms with van der Waals surface area (Å²) < 4.78 is 5.29. The highest BCUT2D eigenvalue weighted by Gasteiger charge is 2.33. The van der Waals surface area contributed by atoms with Crippen LogP contribution in [0.3, 0.4) is 0 Å². The molecular weight excluding hydrogens is 254 g/mol. The zero-order chi connectivity index (χ0) is 14.1. The Hall–Kier alpha value is -1.75. The van der Waals surface area contributed by atoms with E-state index in [2.05, 4.69) is 4.90 Å². The molecule has 0 spiro atoms. The summed E-state index contributed by atoms with van der Waals surface area (Å²) in [6, 6.07) is 5.87. The van der Waals surface area contributed by atoms with Crippen LogP contribution in [0.25, 0.3) is 0 Å². The lowest BCUT2D eigenvalue weighted by atomic mass is 10.1. The summed E-state index contributed by atoms with van der Waals surface area (Å²) in [7, 11) is 1.55. The average molecular weight is 275 g/mol. The predicted molar refractivity (Wildman–Crippen MR) is 77.9 cm³/mol. The number of hydrogen-bond donors (Lipinski definition) is 1. The van der Waals surface area contributed by atoms with Crippen molar-refractivity contribution in [1.29, 1.82) is 0 Å². The van der Waals surface area contributed by atoms with Gasteiger partial charge in [0, 0.05) is 25.7 Å². The molecule has 2 fully saturated rings. The number of rotatable bonds is 2. The number of amides is 1. The number of carbonyl (C=O) groups excluding carboxylic acids is 1. The lowest BCUT2D eigenvalue weighted by molar-refractivity contribution is 0.0568. The fourth-order valence-electron chi connectivity index (χ4n) is 3.30. The molecule has 1 amide bonds. The van der Waals surface area contributed by atoms with Crippen molar-refractivity contribution < 1.29 is 9.53 Å². The number of piperazine rings is 1. The SMILES string of the molecule is COc1c(N)cccc1C(=O)N1CCN2CCCC2C1. The summed E-state index contributed by atoms with van der Waals surface area (Å²) in [6.45, 7) is 3.75. The molecule has 0 radical (unpaired) electrons. The fraction of sp³-hybridized carbons (Fsp3) is 0.533. The molecule has 1 unspecified atom stereocenters. The van der Waals surface area contributed by atoms with Crippen LogP contribution in [0.4, 0.5) is 5.69 Å². The van der Waals surface area contributed by atoms with Crippen molar-refractivity contribution in [2.45, 2.75) is 18.9 Å². The van der Waals surface area contributed by atoms with Crippen LogP contribution >= 0.6 is 0 Å². The van der Waals surface area contributed by atoms with Gasteiger partial charge in [0.1, 0.15) is 0 Å². The maximum atomic E-state index is 12.7. The number of ether oxygens (including phenoxy) is 1. The molecular formula is C15H21N3O2. The molecule has 0 aliphatic carbocycles. The second-order valence-corrected chi connectivity index (χ2v) is 5.51. The Kier molecular flexibility index (Phi) is 3.53. The van der Waals surface area contributed by atoms with Gasteiger partial charge in [0.05, 0.1) is 18.4 Å². The van der Waals surface area contributed by atoms with Crippen LogP contribution in [-0.2, 0) is 0 Å². The average Bonchev–Trinajstić information content (AvgIpc) is 2.93. The normalized spacial score (nSPS) is 22.6. The molecule has 2 aliphatic rings. The summed E-state index contributed by atoms with van der Waals surface area (Å²) in [5.41, 5.74) is 6.96. The van der Waals surface area contributed by atoms with E-state index in [9.17, 15) is 4.79 Å². The van der Waals surface area contributed by atoms with Gasteiger partial charge in [0.25, 0.3) is 5.91 Å². The number of fused-ring (bicyclic) bond motifs is 1. The van der Waals surface area contributed by atoms with E-state index in [0.717, 1.165) is 19.6 Å². The number of anilines is 1. The van der Waals surface area contributed by atoms with E-state index in [1.807, 2.05) is 4.90 Å². The first-order valence-corrected chi connectivity index (χ1v) is 7.16. The second kappa shape index (κ2) is 5.32. The molecule has 108 valence electrons. The van der Waals surface area contributed by atoms with Gasteiger partial charge in [-0.25, -0.2) is 0 Å². The summed E-state index contributed by atoms with van der Waals surface area (Å²) in [5.74, 6) is 0.520. The minimum atomic E-state index is 0.0284. The number of benzene rings is 1. The number of hydrogen-bond acceptors (Lipinski definition) is 4. The van der Waals surface area contributed by atoms with Gasteiger partial charge in [0.15, 0.2) is 5.75 Å². The number of nitrogens with zero attached hydrogens (tertiary/aromatic N) is 2. The molecule has 1 aromatic rings. The number of para-hydroxylation sites is 1. The smallest absolute Gasteiger partial charge is 0.257 e. The first kappa shape index (κ1) is 13.2. The molecule has 5 nitrogen and oxygen atoms in total. The first-order valence-electron chi connectivity index (χ1n) is 7.16. The summed E-state index contributed by atoms with van der Waals surface area (Å²) >= 11 is 0. The third kappa shape index (κ3) is 2.22. The predicted octanol–water partition coefficient (Wildman–Crippen LogP) is 1.20. The lowest BCUT2D eigenvalue weighted by Gasteiger charge is -2.37. The highest BCUT2D eigenvalue weighted by molar-refractivity contribution is 5.98. The van der Waals surface area contributed by atoms with Gasteiger partial charge in [0.2, 0.25) is 0 Å². The first-order chi connectivity index (χ1) is 9.70. The van der Waals surface area contributed by atoms with Crippen LogP contribution in [0.1, 0.15) is 23.2 Å². The van der Waals surface area contributed by atoms with E-state index in [-0.39, 0.29) is 5.91 Å². The highest BCUT2D eigenvalue weighted by Crippen LogP contribution is 2.29. The number of nitrogen functional groups attached to an aromatic ring is 1. The van der Waals surface area contributed by atoms with Crippen molar-refractivity contribution >= 4 is 11.6 Å². The highest BCUT2D eigenvalue weighted by atomic mass is 16.5. The molecule has 0 aromatic heterocycles. The minimum absolute atomic E-state index is 0.0284. The molecule has 1 atom stereocenters. The molecule has 1 aromatic carbocycles. The van der Waals surface area contributed by atoms with Gasteiger partial charge < -0.3 is 15.4 Å². The molecule has 3 rings (SSSR count). The van der Waals surface area contributed by atoms with E-state index >= 15 is 0 Å². The van der Waals surface area contributed by atoms with E-state index < -0.39 is 0 Å². The Bertz CT molecular complexity index is 518. The minimum Gasteiger partial charge on any atom is -0.494 e. The van der Waals surface area contributed by atoms with Gasteiger partial charge in [-0.3, -0.25) is 9.69 Å². The van der Waals surface area contributed by atoms with Crippen LogP contribution in [0, 0.1) is 0 Å². The molecule has 2 N–H and O–H groups in total. The molecule has 2 saturated heterocycles. The van der Waals surface area contributed by atoms with E-state index in [0.29, 0.717) is 23.0 Å². The number of nitrogens with two attached hydrogens (primary N) is 1. The zero-order valence-electron chi connectivity index (χ0n) is 11.8. The van der Waals surface area contributed by atoms with E-state index in [1.165, 1.54) is 19.4 Å². The molecule has 0 saturated carbocycles. The van der Waals surface area contributed by atoms with Crippen molar-refractivity contribution in [2.24, 2.45) is 0 Å². The summed E-state index contributed by atoms with van der Waals surface area (Å²) in [6.07, 6.45) is 2.44. The Morgan fingerprint density at radius 1 is 1.35 bits per heavy atom. The van der Waals surface area contributed by atoms with Gasteiger partial charge in [-0.2, -0.15) is 0 Å². The molecule has 5 heteroatoms. The van der Waals surface area contributed by atoms with Crippen molar-refractivity contribution in [3.05, 3.63) is 23.8 Å². The number of methoxy groups -OCH3 is 1. The standard InChI is InChI=1S/C15H21N3O2/c1-20-14-12(5-2-6-13(14)16)15(19)18-9-8-17-7-3-4-11(17)10-18/h2,5-6,11H,3-4,7-10,16H2,1H3. The van der Waals surface area contributed by atoms with Crippen molar-refractivity contribution in [2.75, 3.05) is 39.0 Å². The Morgan fingerprint density at radius 3 is 3.00 bits per heavy atom. The van der Waals surface area contributed by atoms with Crippen LogP contribution < -0.4 is 10.5 Å². The summed E-state index contributed by atoms with van der Waals surface area (Å²) in [5, 5.41) is 0.